The summed E-state index contributed by atoms with van der Waals surface area (Å²) in [6, 6.07) is 9.92. The molecule has 0 spiro atoms. The minimum Gasteiger partial charge on any atom is -0.388 e. The molecule has 0 heterocycles. The van der Waals surface area contributed by atoms with Crippen molar-refractivity contribution in [2.75, 3.05) is 0 Å². The van der Waals surface area contributed by atoms with Crippen molar-refractivity contribution < 1.29 is 5.11 Å². The van der Waals surface area contributed by atoms with Crippen molar-refractivity contribution >= 4 is 6.08 Å². The largest absolute Gasteiger partial charge is 0.388 e. The topological polar surface area (TPSA) is 20.2 Å². The van der Waals surface area contributed by atoms with Crippen molar-refractivity contribution in [3.05, 3.63) is 42.0 Å². The molecule has 0 saturated carbocycles. The van der Waals surface area contributed by atoms with Crippen LogP contribution in [0, 0.1) is 17.8 Å². The van der Waals surface area contributed by atoms with E-state index in [1.165, 1.54) is 0 Å². The van der Waals surface area contributed by atoms with Crippen LogP contribution in [0.2, 0.25) is 0 Å². The lowest BCUT2D eigenvalue weighted by Crippen LogP contribution is -2.12. The maximum atomic E-state index is 9.72. The molecule has 0 aliphatic heterocycles. The van der Waals surface area contributed by atoms with Gasteiger partial charge in [-0.15, -0.1) is 5.92 Å². The zero-order valence-corrected chi connectivity index (χ0v) is 9.14. The van der Waals surface area contributed by atoms with Crippen molar-refractivity contribution in [3.8, 4) is 11.8 Å². The highest BCUT2D eigenvalue weighted by Crippen LogP contribution is 2.07. The van der Waals surface area contributed by atoms with Gasteiger partial charge >= 0.3 is 0 Å². The fourth-order valence-corrected chi connectivity index (χ4v) is 1.25. The molecule has 0 aromatic heterocycles. The predicted octanol–water partition coefficient (Wildman–Crippen LogP) is 2.72. The van der Waals surface area contributed by atoms with E-state index in [1.54, 1.807) is 13.0 Å². The number of rotatable bonds is 3. The van der Waals surface area contributed by atoms with E-state index in [4.69, 9.17) is 0 Å². The summed E-state index contributed by atoms with van der Waals surface area (Å²) in [4.78, 5) is 0. The van der Waals surface area contributed by atoms with Gasteiger partial charge in [-0.1, -0.05) is 48.4 Å². The fourth-order valence-electron chi connectivity index (χ4n) is 1.25. The van der Waals surface area contributed by atoms with E-state index < -0.39 is 6.10 Å². The van der Waals surface area contributed by atoms with Crippen molar-refractivity contribution in [3.63, 3.8) is 0 Å². The third kappa shape index (κ3) is 4.01. The van der Waals surface area contributed by atoms with Crippen molar-refractivity contribution in [1.82, 2.24) is 0 Å². The molecule has 0 fully saturated rings. The molecular weight excluding hydrogens is 184 g/mol. The zero-order chi connectivity index (χ0) is 11.1. The molecule has 1 heteroatoms. The van der Waals surface area contributed by atoms with Crippen LogP contribution < -0.4 is 0 Å². The molecule has 0 bridgehead atoms. The maximum Gasteiger partial charge on any atom is 0.0858 e. The van der Waals surface area contributed by atoms with Gasteiger partial charge < -0.3 is 5.11 Å². The number of aliphatic hydroxyl groups excluding tert-OH is 1. The van der Waals surface area contributed by atoms with Crippen LogP contribution in [-0.2, 0) is 0 Å². The Bertz CT molecular complexity index is 367. The molecule has 0 radical (unpaired) electrons. The second-order valence-electron chi connectivity index (χ2n) is 3.44. The highest BCUT2D eigenvalue weighted by atomic mass is 16.3. The summed E-state index contributed by atoms with van der Waals surface area (Å²) < 4.78 is 0. The average molecular weight is 200 g/mol. The van der Waals surface area contributed by atoms with Gasteiger partial charge in [-0.3, -0.25) is 0 Å². The summed E-state index contributed by atoms with van der Waals surface area (Å²) in [6.45, 7) is 3.70. The smallest absolute Gasteiger partial charge is 0.0858 e. The first kappa shape index (κ1) is 11.6. The molecule has 78 valence electrons. The zero-order valence-electron chi connectivity index (χ0n) is 9.14. The summed E-state index contributed by atoms with van der Waals surface area (Å²) in [5.74, 6) is 5.71. The minimum atomic E-state index is -0.502. The van der Waals surface area contributed by atoms with Gasteiger partial charge in [-0.05, 0) is 19.4 Å². The molecule has 0 unspecified atom stereocenters. The Morgan fingerprint density at radius 3 is 2.53 bits per heavy atom. The van der Waals surface area contributed by atoms with E-state index >= 15 is 0 Å². The lowest BCUT2D eigenvalue weighted by molar-refractivity contribution is 0.190. The quantitative estimate of drug-likeness (QED) is 0.744. The monoisotopic (exact) mass is 200 g/mol. The fraction of sp³-hybridized carbons (Fsp3) is 0.286. The van der Waals surface area contributed by atoms with Crippen LogP contribution in [-0.4, -0.2) is 11.2 Å². The van der Waals surface area contributed by atoms with E-state index in [1.807, 2.05) is 43.3 Å². The van der Waals surface area contributed by atoms with Crippen LogP contribution in [0.5, 0.6) is 0 Å². The van der Waals surface area contributed by atoms with E-state index in [9.17, 15) is 5.11 Å². The van der Waals surface area contributed by atoms with Crippen molar-refractivity contribution in [2.24, 2.45) is 5.92 Å². The Kier molecular flexibility index (Phi) is 4.66. The summed E-state index contributed by atoms with van der Waals surface area (Å²) in [6.07, 6.45) is 3.20. The number of hydrogen-bond acceptors (Lipinski definition) is 1. The number of benzene rings is 1. The van der Waals surface area contributed by atoms with Crippen LogP contribution in [0.15, 0.2) is 36.4 Å². The standard InChI is InChI=1S/C14H16O/c1-3-7-12(2)14(15)11-10-13-8-5-4-6-9-13/h4-6,8-12,14-15H,1-2H3/b11-10+/t12-,14-/m0/s1. The Labute approximate surface area is 91.5 Å². The molecule has 1 aromatic carbocycles. The van der Waals surface area contributed by atoms with Crippen molar-refractivity contribution in [1.29, 1.82) is 0 Å². The van der Waals surface area contributed by atoms with Gasteiger partial charge in [0.15, 0.2) is 0 Å². The van der Waals surface area contributed by atoms with E-state index in [0.29, 0.717) is 0 Å². The predicted molar refractivity (Wildman–Crippen MR) is 64.1 cm³/mol. The number of hydrogen-bond donors (Lipinski definition) is 1. The lowest BCUT2D eigenvalue weighted by Gasteiger charge is -2.08. The molecule has 15 heavy (non-hydrogen) atoms. The van der Waals surface area contributed by atoms with E-state index in [-0.39, 0.29) is 5.92 Å². The third-order valence-electron chi connectivity index (χ3n) is 2.17. The van der Waals surface area contributed by atoms with Crippen LogP contribution in [0.4, 0.5) is 0 Å². The van der Waals surface area contributed by atoms with Gasteiger partial charge in [0.25, 0.3) is 0 Å². The van der Waals surface area contributed by atoms with Crippen LogP contribution in [0.25, 0.3) is 6.08 Å². The van der Waals surface area contributed by atoms with Crippen molar-refractivity contribution in [2.45, 2.75) is 20.0 Å². The van der Waals surface area contributed by atoms with E-state index in [0.717, 1.165) is 5.56 Å². The molecule has 1 aromatic rings. The average Bonchev–Trinajstić information content (AvgIpc) is 2.27. The van der Waals surface area contributed by atoms with Gasteiger partial charge in [0, 0.05) is 5.92 Å². The van der Waals surface area contributed by atoms with Crippen LogP contribution in [0.3, 0.4) is 0 Å². The Morgan fingerprint density at radius 1 is 1.27 bits per heavy atom. The number of aliphatic hydroxyl groups is 1. The highest BCUT2D eigenvalue weighted by molar-refractivity contribution is 5.49. The minimum absolute atomic E-state index is 0.0186. The molecule has 0 saturated heterocycles. The summed E-state index contributed by atoms with van der Waals surface area (Å²) >= 11 is 0. The normalized spacial score (nSPS) is 14.3. The first-order valence-electron chi connectivity index (χ1n) is 5.07. The highest BCUT2D eigenvalue weighted by Gasteiger charge is 2.06. The molecule has 0 aliphatic carbocycles. The maximum absolute atomic E-state index is 9.72. The molecular formula is C14H16O. The second-order valence-corrected chi connectivity index (χ2v) is 3.44. The van der Waals surface area contributed by atoms with Crippen LogP contribution in [0.1, 0.15) is 19.4 Å². The van der Waals surface area contributed by atoms with Gasteiger partial charge in [0.2, 0.25) is 0 Å². The first-order valence-corrected chi connectivity index (χ1v) is 5.07. The summed E-state index contributed by atoms with van der Waals surface area (Å²) in [5, 5.41) is 9.72. The SMILES string of the molecule is CC#C[C@H](C)[C@@H](O)/C=C/c1ccccc1. The van der Waals surface area contributed by atoms with E-state index in [2.05, 4.69) is 11.8 Å². The molecule has 1 rings (SSSR count). The molecule has 2 atom stereocenters. The Balaban J connectivity index is 2.61. The van der Waals surface area contributed by atoms with Gasteiger partial charge in [0.1, 0.15) is 0 Å². The van der Waals surface area contributed by atoms with Crippen LogP contribution >= 0.6 is 0 Å². The van der Waals surface area contributed by atoms with Gasteiger partial charge in [0.05, 0.1) is 6.10 Å². The second kappa shape index (κ2) is 6.06. The summed E-state index contributed by atoms with van der Waals surface area (Å²) in [5.41, 5.74) is 1.09. The lowest BCUT2D eigenvalue weighted by atomic mass is 10.0. The van der Waals surface area contributed by atoms with Gasteiger partial charge in [-0.2, -0.15) is 0 Å². The molecule has 1 nitrogen and oxygen atoms in total. The molecule has 0 amide bonds. The Morgan fingerprint density at radius 2 is 1.93 bits per heavy atom. The first-order chi connectivity index (χ1) is 7.24. The molecule has 1 N–H and O–H groups in total. The molecule has 0 aliphatic rings. The van der Waals surface area contributed by atoms with Gasteiger partial charge in [-0.25, -0.2) is 0 Å². The summed E-state index contributed by atoms with van der Waals surface area (Å²) in [7, 11) is 0. The Hall–Kier alpha value is -1.52. The third-order valence-corrected chi connectivity index (χ3v) is 2.17.